The van der Waals surface area contributed by atoms with Crippen LogP contribution in [0.25, 0.3) is 0 Å². The Bertz CT molecular complexity index is 567. The lowest BCUT2D eigenvalue weighted by Crippen LogP contribution is -2.46. The average molecular weight is 329 g/mol. The summed E-state index contributed by atoms with van der Waals surface area (Å²) in [5.74, 6) is 0. The molecule has 2 aliphatic rings. The van der Waals surface area contributed by atoms with E-state index in [1.54, 1.807) is 0 Å². The first-order valence-corrected chi connectivity index (χ1v) is 9.45. The van der Waals surface area contributed by atoms with Gasteiger partial charge in [-0.2, -0.15) is 0 Å². The smallest absolute Gasteiger partial charge is 0.207 e. The molecule has 1 aromatic carbocycles. The van der Waals surface area contributed by atoms with Crippen LogP contribution in [0, 0.1) is 5.41 Å². The quantitative estimate of drug-likeness (QED) is 0.846. The fraction of sp³-hybridized carbons (Fsp3) is 0.667. The van der Waals surface area contributed by atoms with Gasteiger partial charge in [-0.1, -0.05) is 45.0 Å². The van der Waals surface area contributed by atoms with Crippen molar-refractivity contribution in [2.75, 3.05) is 19.6 Å². The lowest BCUT2D eigenvalue weighted by Gasteiger charge is -2.47. The Labute approximate surface area is 146 Å². The Morgan fingerprint density at radius 3 is 2.58 bits per heavy atom. The molecule has 3 heteroatoms. The monoisotopic (exact) mass is 328 g/mol. The van der Waals surface area contributed by atoms with E-state index >= 15 is 0 Å². The van der Waals surface area contributed by atoms with Gasteiger partial charge in [0.1, 0.15) is 0 Å². The van der Waals surface area contributed by atoms with E-state index in [1.165, 1.54) is 56.4 Å². The topological polar surface area (TPSA) is 32.3 Å². The third kappa shape index (κ3) is 3.66. The minimum absolute atomic E-state index is 0.197. The Morgan fingerprint density at radius 1 is 1.21 bits per heavy atom. The Hall–Kier alpha value is -1.35. The van der Waals surface area contributed by atoms with E-state index in [4.69, 9.17) is 0 Å². The number of benzene rings is 1. The van der Waals surface area contributed by atoms with Crippen LogP contribution in [0.1, 0.15) is 70.0 Å². The summed E-state index contributed by atoms with van der Waals surface area (Å²) in [6.07, 6.45) is 6.89. The summed E-state index contributed by atoms with van der Waals surface area (Å²) < 4.78 is 0. The van der Waals surface area contributed by atoms with Crippen molar-refractivity contribution in [1.82, 2.24) is 10.2 Å². The second kappa shape index (κ2) is 6.87. The summed E-state index contributed by atoms with van der Waals surface area (Å²) in [6.45, 7) is 10.6. The van der Waals surface area contributed by atoms with Gasteiger partial charge >= 0.3 is 0 Å². The van der Waals surface area contributed by atoms with Crippen LogP contribution in [0.15, 0.2) is 24.3 Å². The third-order valence-corrected chi connectivity index (χ3v) is 6.08. The van der Waals surface area contributed by atoms with Crippen LogP contribution in [-0.2, 0) is 10.2 Å². The normalized spacial score (nSPS) is 23.7. The fourth-order valence-corrected chi connectivity index (χ4v) is 4.47. The zero-order chi connectivity index (χ0) is 17.2. The second-order valence-corrected chi connectivity index (χ2v) is 8.90. The van der Waals surface area contributed by atoms with Crippen molar-refractivity contribution in [2.45, 2.75) is 64.3 Å². The molecule has 132 valence electrons. The lowest BCUT2D eigenvalue weighted by molar-refractivity contribution is -0.110. The molecule has 1 heterocycles. The van der Waals surface area contributed by atoms with E-state index in [2.05, 4.69) is 55.3 Å². The molecular formula is C21H32N2O. The zero-order valence-corrected chi connectivity index (χ0v) is 15.5. The first-order valence-electron chi connectivity index (χ1n) is 9.45. The average Bonchev–Trinajstić information content (AvgIpc) is 2.57. The summed E-state index contributed by atoms with van der Waals surface area (Å²) in [7, 11) is 0. The highest BCUT2D eigenvalue weighted by Gasteiger charge is 2.41. The minimum Gasteiger partial charge on any atom is -0.352 e. The highest BCUT2D eigenvalue weighted by atomic mass is 16.1. The van der Waals surface area contributed by atoms with Crippen LogP contribution in [0.5, 0.6) is 0 Å². The Morgan fingerprint density at radius 2 is 1.92 bits per heavy atom. The Balaban J connectivity index is 1.71. The van der Waals surface area contributed by atoms with Gasteiger partial charge in [-0.15, -0.1) is 0 Å². The van der Waals surface area contributed by atoms with Crippen LogP contribution in [-0.4, -0.2) is 30.9 Å². The van der Waals surface area contributed by atoms with Gasteiger partial charge < -0.3 is 10.2 Å². The number of carbonyl (C=O) groups is 1. The number of rotatable bonds is 4. The summed E-state index contributed by atoms with van der Waals surface area (Å²) in [5.41, 5.74) is 3.58. The molecule has 1 fully saturated rings. The number of fused-ring (bicyclic) bond motifs is 2. The largest absolute Gasteiger partial charge is 0.352 e. The molecule has 3 rings (SSSR count). The summed E-state index contributed by atoms with van der Waals surface area (Å²) in [4.78, 5) is 13.6. The second-order valence-electron chi connectivity index (χ2n) is 8.90. The number of hydrogen-bond acceptors (Lipinski definition) is 2. The van der Waals surface area contributed by atoms with Gasteiger partial charge in [-0.25, -0.2) is 0 Å². The summed E-state index contributed by atoms with van der Waals surface area (Å²) in [5, 5.41) is 3.02. The van der Waals surface area contributed by atoms with Crippen molar-refractivity contribution < 1.29 is 4.79 Å². The van der Waals surface area contributed by atoms with Gasteiger partial charge in [-0.05, 0) is 73.7 Å². The van der Waals surface area contributed by atoms with Crippen molar-refractivity contribution >= 4 is 6.41 Å². The molecule has 0 aromatic heterocycles. The fourth-order valence-electron chi connectivity index (χ4n) is 4.47. The SMILES string of the molecule is CC(C)(C)CCN1CCC2(CC[C@@H](NC=O)c3ccccc32)CC1. The maximum atomic E-state index is 10.9. The van der Waals surface area contributed by atoms with Gasteiger partial charge in [0.25, 0.3) is 0 Å². The van der Waals surface area contributed by atoms with Crippen molar-refractivity contribution in [3.8, 4) is 0 Å². The zero-order valence-electron chi connectivity index (χ0n) is 15.5. The molecule has 0 saturated carbocycles. The number of amides is 1. The predicted molar refractivity (Wildman–Crippen MR) is 99.0 cm³/mol. The molecule has 0 bridgehead atoms. The summed E-state index contributed by atoms with van der Waals surface area (Å²) >= 11 is 0. The number of hydrogen-bond donors (Lipinski definition) is 1. The molecular weight excluding hydrogens is 296 g/mol. The standard InChI is InChI=1S/C21H32N2O/c1-20(2,3)10-13-23-14-11-21(12-15-23)9-8-19(22-16-24)17-6-4-5-7-18(17)21/h4-7,16,19H,8-15H2,1-3H3,(H,22,24)/t19-/m1/s1. The molecule has 0 unspecified atom stereocenters. The van der Waals surface area contributed by atoms with Crippen molar-refractivity contribution in [1.29, 1.82) is 0 Å². The molecule has 24 heavy (non-hydrogen) atoms. The molecule has 1 aliphatic carbocycles. The Kier molecular flexibility index (Phi) is 5.00. The van der Waals surface area contributed by atoms with Crippen LogP contribution in [0.3, 0.4) is 0 Å². The minimum atomic E-state index is 0.197. The van der Waals surface area contributed by atoms with Crippen LogP contribution in [0.4, 0.5) is 0 Å². The molecule has 1 N–H and O–H groups in total. The first kappa shape index (κ1) is 17.5. The summed E-state index contributed by atoms with van der Waals surface area (Å²) in [6, 6.07) is 8.98. The van der Waals surface area contributed by atoms with Gasteiger partial charge in [0.2, 0.25) is 6.41 Å². The van der Waals surface area contributed by atoms with E-state index in [0.29, 0.717) is 10.8 Å². The van der Waals surface area contributed by atoms with Crippen molar-refractivity contribution in [3.63, 3.8) is 0 Å². The third-order valence-electron chi connectivity index (χ3n) is 6.08. The van der Waals surface area contributed by atoms with Crippen LogP contribution >= 0.6 is 0 Å². The molecule has 1 aliphatic heterocycles. The molecule has 1 aromatic rings. The number of nitrogens with zero attached hydrogens (tertiary/aromatic N) is 1. The van der Waals surface area contributed by atoms with E-state index in [1.807, 2.05) is 0 Å². The van der Waals surface area contributed by atoms with Gasteiger partial charge in [0.15, 0.2) is 0 Å². The molecule has 1 saturated heterocycles. The predicted octanol–water partition coefficient (Wildman–Crippen LogP) is 4.04. The van der Waals surface area contributed by atoms with Crippen molar-refractivity contribution in [2.24, 2.45) is 5.41 Å². The number of piperidine rings is 1. The van der Waals surface area contributed by atoms with Gasteiger partial charge in [-0.3, -0.25) is 4.79 Å². The molecule has 1 atom stereocenters. The van der Waals surface area contributed by atoms with Gasteiger partial charge in [0.05, 0.1) is 6.04 Å². The molecule has 1 spiro atoms. The van der Waals surface area contributed by atoms with E-state index in [-0.39, 0.29) is 6.04 Å². The molecule has 1 amide bonds. The number of nitrogens with one attached hydrogen (secondary N) is 1. The highest BCUT2D eigenvalue weighted by Crippen LogP contribution is 2.47. The number of likely N-dealkylation sites (tertiary alicyclic amines) is 1. The van der Waals surface area contributed by atoms with E-state index in [9.17, 15) is 4.79 Å². The van der Waals surface area contributed by atoms with E-state index in [0.717, 1.165) is 12.8 Å². The van der Waals surface area contributed by atoms with Gasteiger partial charge in [0, 0.05) is 0 Å². The van der Waals surface area contributed by atoms with Crippen LogP contribution < -0.4 is 5.32 Å². The lowest BCUT2D eigenvalue weighted by atomic mass is 9.63. The highest BCUT2D eigenvalue weighted by molar-refractivity contribution is 5.50. The van der Waals surface area contributed by atoms with Crippen LogP contribution in [0.2, 0.25) is 0 Å². The maximum absolute atomic E-state index is 10.9. The molecule has 3 nitrogen and oxygen atoms in total. The number of carbonyl (C=O) groups excluding carboxylic acids is 1. The van der Waals surface area contributed by atoms with E-state index < -0.39 is 0 Å². The molecule has 0 radical (unpaired) electrons. The first-order chi connectivity index (χ1) is 11.4. The van der Waals surface area contributed by atoms with Crippen molar-refractivity contribution in [3.05, 3.63) is 35.4 Å². The maximum Gasteiger partial charge on any atom is 0.207 e.